The van der Waals surface area contributed by atoms with Crippen molar-refractivity contribution in [2.75, 3.05) is 38.7 Å². The molecule has 7 nitrogen and oxygen atoms in total. The molecular weight excluding hydrogens is 418 g/mol. The Balaban J connectivity index is 1.51. The molecule has 0 aromatic heterocycles. The van der Waals surface area contributed by atoms with E-state index in [0.717, 1.165) is 43.6 Å². The van der Waals surface area contributed by atoms with E-state index in [4.69, 9.17) is 9.47 Å². The van der Waals surface area contributed by atoms with E-state index in [9.17, 15) is 9.59 Å². The van der Waals surface area contributed by atoms with Crippen molar-refractivity contribution in [3.63, 3.8) is 0 Å². The molecule has 2 amide bonds. The van der Waals surface area contributed by atoms with Crippen LogP contribution in [0.25, 0.3) is 0 Å². The van der Waals surface area contributed by atoms with Gasteiger partial charge >= 0.3 is 0 Å². The summed E-state index contributed by atoms with van der Waals surface area (Å²) in [5.74, 6) is 1.58. The SMILES string of the molecule is CN1C(=O)C23CCCN2CCC2(C(=O)Nc4c2ccc2c4OCC(C)(C)CO2)C(C)(C)C1C3. The molecule has 1 aromatic rings. The van der Waals surface area contributed by atoms with E-state index >= 15 is 0 Å². The molecule has 3 atom stereocenters. The first-order valence-electron chi connectivity index (χ1n) is 12.3. The van der Waals surface area contributed by atoms with Gasteiger partial charge < -0.3 is 19.7 Å². The first kappa shape index (κ1) is 21.3. The monoisotopic (exact) mass is 453 g/mol. The number of nitrogens with one attached hydrogen (secondary N) is 1. The summed E-state index contributed by atoms with van der Waals surface area (Å²) in [6.45, 7) is 11.4. The highest BCUT2D eigenvalue weighted by Crippen LogP contribution is 2.61. The molecular formula is C26H35N3O4. The molecule has 0 aliphatic carbocycles. The Hall–Kier alpha value is -2.28. The Morgan fingerprint density at radius 3 is 2.58 bits per heavy atom. The van der Waals surface area contributed by atoms with E-state index in [0.29, 0.717) is 31.1 Å². The molecule has 33 heavy (non-hydrogen) atoms. The number of benzene rings is 1. The maximum atomic E-state index is 14.0. The minimum Gasteiger partial charge on any atom is -0.489 e. The predicted molar refractivity (Wildman–Crippen MR) is 125 cm³/mol. The lowest BCUT2D eigenvalue weighted by Crippen LogP contribution is -2.59. The molecule has 1 aromatic carbocycles. The molecule has 5 aliphatic heterocycles. The number of amides is 2. The van der Waals surface area contributed by atoms with Gasteiger partial charge in [-0.3, -0.25) is 14.5 Å². The summed E-state index contributed by atoms with van der Waals surface area (Å²) in [6, 6.07) is 4.01. The van der Waals surface area contributed by atoms with Gasteiger partial charge in [-0.25, -0.2) is 0 Å². The average molecular weight is 454 g/mol. The first-order chi connectivity index (χ1) is 15.5. The third-order valence-corrected chi connectivity index (χ3v) is 9.46. The molecule has 7 heteroatoms. The normalized spacial score (nSPS) is 36.2. The zero-order chi connectivity index (χ0) is 23.4. The Morgan fingerprint density at radius 2 is 1.79 bits per heavy atom. The smallest absolute Gasteiger partial charge is 0.243 e. The fourth-order valence-corrected chi connectivity index (χ4v) is 7.51. The van der Waals surface area contributed by atoms with E-state index in [1.165, 1.54) is 0 Å². The lowest BCUT2D eigenvalue weighted by molar-refractivity contribution is -0.137. The van der Waals surface area contributed by atoms with Crippen molar-refractivity contribution < 1.29 is 19.1 Å². The summed E-state index contributed by atoms with van der Waals surface area (Å²) in [7, 11) is 1.93. The van der Waals surface area contributed by atoms with Crippen LogP contribution in [-0.4, -0.2) is 66.5 Å². The summed E-state index contributed by atoms with van der Waals surface area (Å²) in [5.41, 5.74) is 0.0391. The molecule has 178 valence electrons. The molecule has 2 bridgehead atoms. The second-order valence-electron chi connectivity index (χ2n) is 12.1. The fraction of sp³-hybridized carbons (Fsp3) is 0.692. The topological polar surface area (TPSA) is 71.1 Å². The van der Waals surface area contributed by atoms with Crippen LogP contribution in [0.5, 0.6) is 11.5 Å². The number of fused-ring (bicyclic) bond motifs is 5. The van der Waals surface area contributed by atoms with Crippen LogP contribution in [0.1, 0.15) is 58.9 Å². The lowest BCUT2D eigenvalue weighted by Gasteiger charge is -2.50. The van der Waals surface area contributed by atoms with Crippen LogP contribution >= 0.6 is 0 Å². The van der Waals surface area contributed by atoms with Gasteiger partial charge in [0.25, 0.3) is 0 Å². The van der Waals surface area contributed by atoms with Gasteiger partial charge in [-0.1, -0.05) is 33.8 Å². The van der Waals surface area contributed by atoms with Gasteiger partial charge in [-0.05, 0) is 43.9 Å². The third kappa shape index (κ3) is 2.49. The number of rotatable bonds is 0. The highest BCUT2D eigenvalue weighted by Gasteiger charge is 2.68. The Bertz CT molecular complexity index is 1070. The van der Waals surface area contributed by atoms with Gasteiger partial charge in [0.05, 0.1) is 24.3 Å². The van der Waals surface area contributed by atoms with Crippen molar-refractivity contribution in [1.82, 2.24) is 9.80 Å². The number of nitrogens with zero attached hydrogens (tertiary/aromatic N) is 2. The maximum absolute atomic E-state index is 14.0. The predicted octanol–water partition coefficient (Wildman–Crippen LogP) is 3.17. The van der Waals surface area contributed by atoms with Gasteiger partial charge in [-0.2, -0.15) is 0 Å². The zero-order valence-corrected chi connectivity index (χ0v) is 20.4. The molecule has 0 radical (unpaired) electrons. The summed E-state index contributed by atoms with van der Waals surface area (Å²) in [4.78, 5) is 31.9. The Labute approximate surface area is 195 Å². The van der Waals surface area contributed by atoms with Gasteiger partial charge in [0.1, 0.15) is 5.54 Å². The molecule has 2 spiro atoms. The fourth-order valence-electron chi connectivity index (χ4n) is 7.51. The molecule has 3 saturated heterocycles. The van der Waals surface area contributed by atoms with Crippen molar-refractivity contribution in [1.29, 1.82) is 0 Å². The standard InChI is InChI=1S/C26H35N3O4/c1-23(2)14-32-17-8-7-16-19(20(17)33-15-23)27-21(30)26(16)10-12-29-11-6-9-25(29)13-18(24(26,3)4)28(5)22(25)31/h7-8,18H,6,9-15H2,1-5H3,(H,27,30). The second kappa shape index (κ2) is 6.44. The summed E-state index contributed by atoms with van der Waals surface area (Å²) in [6.07, 6.45) is 3.44. The van der Waals surface area contributed by atoms with Crippen molar-refractivity contribution in [2.24, 2.45) is 10.8 Å². The van der Waals surface area contributed by atoms with Crippen molar-refractivity contribution >= 4 is 17.5 Å². The number of likely N-dealkylation sites (N-methyl/N-ethyl adjacent to an activating group) is 1. The van der Waals surface area contributed by atoms with Crippen LogP contribution in [0.15, 0.2) is 12.1 Å². The number of hydrogen-bond acceptors (Lipinski definition) is 5. The number of anilines is 1. The number of carbonyl (C=O) groups is 2. The number of hydrogen-bond donors (Lipinski definition) is 1. The van der Waals surface area contributed by atoms with Gasteiger partial charge in [0, 0.05) is 30.5 Å². The van der Waals surface area contributed by atoms with Crippen molar-refractivity contribution in [3.05, 3.63) is 17.7 Å². The molecule has 1 N–H and O–H groups in total. The maximum Gasteiger partial charge on any atom is 0.243 e. The van der Waals surface area contributed by atoms with E-state index in [-0.39, 0.29) is 28.8 Å². The van der Waals surface area contributed by atoms with Crippen molar-refractivity contribution in [2.45, 2.75) is 70.4 Å². The van der Waals surface area contributed by atoms with Crippen LogP contribution < -0.4 is 14.8 Å². The minimum absolute atomic E-state index is 0.0162. The minimum atomic E-state index is -0.749. The van der Waals surface area contributed by atoms with E-state index in [1.54, 1.807) is 0 Å². The Morgan fingerprint density at radius 1 is 1.03 bits per heavy atom. The molecule has 0 saturated carbocycles. The largest absolute Gasteiger partial charge is 0.489 e. The highest BCUT2D eigenvalue weighted by molar-refractivity contribution is 6.09. The first-order valence-corrected chi connectivity index (χ1v) is 12.3. The summed E-state index contributed by atoms with van der Waals surface area (Å²) in [5, 5.41) is 3.22. The Kier molecular flexibility index (Phi) is 4.15. The summed E-state index contributed by atoms with van der Waals surface area (Å²) < 4.78 is 12.4. The molecule has 5 aliphatic rings. The van der Waals surface area contributed by atoms with Crippen LogP contribution in [0.4, 0.5) is 5.69 Å². The van der Waals surface area contributed by atoms with Crippen LogP contribution in [0.2, 0.25) is 0 Å². The quantitative estimate of drug-likeness (QED) is 0.653. The van der Waals surface area contributed by atoms with Gasteiger partial charge in [0.2, 0.25) is 11.8 Å². The van der Waals surface area contributed by atoms with Gasteiger partial charge in [-0.15, -0.1) is 0 Å². The number of ether oxygens (including phenoxy) is 2. The molecule has 5 heterocycles. The van der Waals surface area contributed by atoms with E-state index in [2.05, 4.69) is 44.0 Å². The van der Waals surface area contributed by atoms with Crippen LogP contribution in [-0.2, 0) is 15.0 Å². The van der Waals surface area contributed by atoms with Crippen LogP contribution in [0.3, 0.4) is 0 Å². The van der Waals surface area contributed by atoms with Gasteiger partial charge in [0.15, 0.2) is 11.5 Å². The number of likely N-dealkylation sites (tertiary alicyclic amines) is 1. The summed E-state index contributed by atoms with van der Waals surface area (Å²) >= 11 is 0. The highest BCUT2D eigenvalue weighted by atomic mass is 16.5. The van der Waals surface area contributed by atoms with E-state index < -0.39 is 10.8 Å². The second-order valence-corrected chi connectivity index (χ2v) is 12.1. The van der Waals surface area contributed by atoms with Crippen molar-refractivity contribution in [3.8, 4) is 11.5 Å². The zero-order valence-electron chi connectivity index (χ0n) is 20.4. The van der Waals surface area contributed by atoms with E-state index in [1.807, 2.05) is 18.0 Å². The van der Waals surface area contributed by atoms with Crippen LogP contribution in [0, 0.1) is 10.8 Å². The molecule has 3 unspecified atom stereocenters. The lowest BCUT2D eigenvalue weighted by atomic mass is 9.55. The number of carbonyl (C=O) groups excluding carboxylic acids is 2. The third-order valence-electron chi connectivity index (χ3n) is 9.46. The molecule has 6 rings (SSSR count). The molecule has 3 fully saturated rings. The average Bonchev–Trinajstić information content (AvgIpc) is 3.34.